The standard InChI is InChI=1S/C19H21ClF3N3O/c1-3-6-17(15-7-4-5-10-24-15)26(2)12-18(27)25-16-11-13(19(21,22)23)8-9-14(16)20/h4-5,7-11,17H,3,6,12H2,1-2H3,(H,25,27)/t17-/m0/s1. The first-order valence-corrected chi connectivity index (χ1v) is 8.88. The third kappa shape index (κ3) is 5.94. The number of benzene rings is 1. The van der Waals surface area contributed by atoms with Gasteiger partial charge in [0.25, 0.3) is 0 Å². The van der Waals surface area contributed by atoms with Crippen molar-refractivity contribution in [2.45, 2.75) is 32.0 Å². The van der Waals surface area contributed by atoms with Crippen molar-refractivity contribution in [2.24, 2.45) is 0 Å². The van der Waals surface area contributed by atoms with E-state index in [9.17, 15) is 18.0 Å². The molecule has 0 saturated heterocycles. The maximum Gasteiger partial charge on any atom is 0.416 e. The highest BCUT2D eigenvalue weighted by atomic mass is 35.5. The van der Waals surface area contributed by atoms with Crippen LogP contribution in [0.3, 0.4) is 0 Å². The number of amides is 1. The summed E-state index contributed by atoms with van der Waals surface area (Å²) in [6.07, 6.45) is -1.13. The smallest absolute Gasteiger partial charge is 0.324 e. The molecule has 0 radical (unpaired) electrons. The second-order valence-electron chi connectivity index (χ2n) is 6.21. The van der Waals surface area contributed by atoms with E-state index in [1.54, 1.807) is 13.2 Å². The third-order valence-corrected chi connectivity index (χ3v) is 4.41. The van der Waals surface area contributed by atoms with Crippen LogP contribution in [0.5, 0.6) is 0 Å². The molecule has 0 unspecified atom stereocenters. The predicted octanol–water partition coefficient (Wildman–Crippen LogP) is 5.17. The second-order valence-corrected chi connectivity index (χ2v) is 6.62. The molecule has 0 spiro atoms. The molecule has 27 heavy (non-hydrogen) atoms. The normalized spacial score (nSPS) is 12.9. The van der Waals surface area contributed by atoms with Crippen LogP contribution >= 0.6 is 11.6 Å². The zero-order valence-corrected chi connectivity index (χ0v) is 15.8. The lowest BCUT2D eigenvalue weighted by atomic mass is 10.1. The van der Waals surface area contributed by atoms with Gasteiger partial charge in [-0.15, -0.1) is 0 Å². The summed E-state index contributed by atoms with van der Waals surface area (Å²) in [6.45, 7) is 2.03. The monoisotopic (exact) mass is 399 g/mol. The van der Waals surface area contributed by atoms with Crippen LogP contribution < -0.4 is 5.32 Å². The number of likely N-dealkylation sites (N-methyl/N-ethyl adjacent to an activating group) is 1. The van der Waals surface area contributed by atoms with Crippen LogP contribution in [0.1, 0.15) is 37.1 Å². The summed E-state index contributed by atoms with van der Waals surface area (Å²) in [5.41, 5.74) is -0.0885. The minimum atomic E-state index is -4.51. The molecule has 1 atom stereocenters. The highest BCUT2D eigenvalue weighted by Gasteiger charge is 2.31. The fourth-order valence-electron chi connectivity index (χ4n) is 2.76. The van der Waals surface area contributed by atoms with E-state index in [-0.39, 0.29) is 23.3 Å². The molecule has 1 aromatic heterocycles. The summed E-state index contributed by atoms with van der Waals surface area (Å²) in [6, 6.07) is 8.34. The van der Waals surface area contributed by atoms with Gasteiger partial charge in [0.05, 0.1) is 34.6 Å². The number of carbonyl (C=O) groups is 1. The van der Waals surface area contributed by atoms with E-state index in [4.69, 9.17) is 11.6 Å². The van der Waals surface area contributed by atoms with Gasteiger partial charge >= 0.3 is 6.18 Å². The number of anilines is 1. The summed E-state index contributed by atoms with van der Waals surface area (Å²) in [7, 11) is 1.78. The number of aromatic nitrogens is 1. The number of carbonyl (C=O) groups excluding carboxylic acids is 1. The van der Waals surface area contributed by atoms with Crippen molar-refractivity contribution in [2.75, 3.05) is 18.9 Å². The molecule has 4 nitrogen and oxygen atoms in total. The Morgan fingerprint density at radius 1 is 1.30 bits per heavy atom. The highest BCUT2D eigenvalue weighted by Crippen LogP contribution is 2.33. The largest absolute Gasteiger partial charge is 0.416 e. The van der Waals surface area contributed by atoms with Gasteiger partial charge in [0.15, 0.2) is 0 Å². The summed E-state index contributed by atoms with van der Waals surface area (Å²) in [5.74, 6) is -0.448. The van der Waals surface area contributed by atoms with Crippen LogP contribution in [-0.2, 0) is 11.0 Å². The number of nitrogens with zero attached hydrogens (tertiary/aromatic N) is 2. The molecule has 146 valence electrons. The summed E-state index contributed by atoms with van der Waals surface area (Å²) in [4.78, 5) is 18.5. The van der Waals surface area contributed by atoms with Crippen LogP contribution in [-0.4, -0.2) is 29.4 Å². The van der Waals surface area contributed by atoms with Crippen molar-refractivity contribution in [3.05, 3.63) is 58.9 Å². The minimum Gasteiger partial charge on any atom is -0.324 e. The van der Waals surface area contributed by atoms with Gasteiger partial charge in [0.1, 0.15) is 0 Å². The SMILES string of the molecule is CCC[C@@H](c1ccccn1)N(C)CC(=O)Nc1cc(C(F)(F)F)ccc1Cl. The Kier molecular flexibility index (Phi) is 7.21. The van der Waals surface area contributed by atoms with Crippen molar-refractivity contribution in [3.8, 4) is 0 Å². The van der Waals surface area contributed by atoms with Gasteiger partial charge in [0.2, 0.25) is 5.91 Å². The van der Waals surface area contributed by atoms with Crippen molar-refractivity contribution in [1.82, 2.24) is 9.88 Å². The maximum absolute atomic E-state index is 12.9. The Morgan fingerprint density at radius 3 is 2.63 bits per heavy atom. The Bertz CT molecular complexity index is 769. The highest BCUT2D eigenvalue weighted by molar-refractivity contribution is 6.33. The molecule has 0 fully saturated rings. The molecule has 0 saturated carbocycles. The van der Waals surface area contributed by atoms with Crippen molar-refractivity contribution < 1.29 is 18.0 Å². The van der Waals surface area contributed by atoms with E-state index in [1.165, 1.54) is 0 Å². The quantitative estimate of drug-likeness (QED) is 0.699. The molecule has 0 aliphatic carbocycles. The van der Waals surface area contributed by atoms with Crippen molar-refractivity contribution in [3.63, 3.8) is 0 Å². The lowest BCUT2D eigenvalue weighted by Gasteiger charge is -2.27. The zero-order chi connectivity index (χ0) is 20.0. The Balaban J connectivity index is 2.10. The number of nitrogens with one attached hydrogen (secondary N) is 1. The molecule has 1 heterocycles. The molecule has 1 N–H and O–H groups in total. The van der Waals surface area contributed by atoms with E-state index in [2.05, 4.69) is 10.3 Å². The lowest BCUT2D eigenvalue weighted by Crippen LogP contribution is -2.33. The van der Waals surface area contributed by atoms with E-state index >= 15 is 0 Å². The van der Waals surface area contributed by atoms with Crippen LogP contribution in [0.4, 0.5) is 18.9 Å². The first-order valence-electron chi connectivity index (χ1n) is 8.50. The number of hydrogen-bond donors (Lipinski definition) is 1. The Labute approximate surface area is 161 Å². The number of rotatable bonds is 7. The number of hydrogen-bond acceptors (Lipinski definition) is 3. The van der Waals surface area contributed by atoms with Gasteiger partial charge in [-0.3, -0.25) is 14.7 Å². The minimum absolute atomic E-state index is 0.00614. The van der Waals surface area contributed by atoms with E-state index in [0.29, 0.717) is 0 Å². The van der Waals surface area contributed by atoms with E-state index in [0.717, 1.165) is 36.7 Å². The van der Waals surface area contributed by atoms with Gasteiger partial charge in [-0.05, 0) is 43.8 Å². The van der Waals surface area contributed by atoms with Crippen molar-refractivity contribution >= 4 is 23.2 Å². The van der Waals surface area contributed by atoms with Gasteiger partial charge in [-0.1, -0.05) is 31.0 Å². The molecule has 1 amide bonds. The predicted molar refractivity (Wildman–Crippen MR) is 99.6 cm³/mol. The fourth-order valence-corrected chi connectivity index (χ4v) is 2.93. The second kappa shape index (κ2) is 9.19. The third-order valence-electron chi connectivity index (χ3n) is 4.08. The van der Waals surface area contributed by atoms with Crippen LogP contribution in [0.2, 0.25) is 5.02 Å². The van der Waals surface area contributed by atoms with Gasteiger partial charge in [0, 0.05) is 6.20 Å². The lowest BCUT2D eigenvalue weighted by molar-refractivity contribution is -0.137. The molecule has 0 aliphatic rings. The van der Waals surface area contributed by atoms with E-state index < -0.39 is 17.6 Å². The number of halogens is 4. The van der Waals surface area contributed by atoms with Crippen molar-refractivity contribution in [1.29, 1.82) is 0 Å². The van der Waals surface area contributed by atoms with Crippen LogP contribution in [0.25, 0.3) is 0 Å². The zero-order valence-electron chi connectivity index (χ0n) is 15.1. The average Bonchev–Trinajstić information content (AvgIpc) is 2.61. The first kappa shape index (κ1) is 21.2. The molecule has 1 aromatic carbocycles. The average molecular weight is 400 g/mol. The molecule has 8 heteroatoms. The molecule has 0 bridgehead atoms. The molecular weight excluding hydrogens is 379 g/mol. The first-order chi connectivity index (χ1) is 12.7. The van der Waals surface area contributed by atoms with Gasteiger partial charge in [-0.2, -0.15) is 13.2 Å². The number of pyridine rings is 1. The fraction of sp³-hybridized carbons (Fsp3) is 0.368. The summed E-state index contributed by atoms with van der Waals surface area (Å²) < 4.78 is 38.6. The summed E-state index contributed by atoms with van der Waals surface area (Å²) in [5, 5.41) is 2.52. The molecule has 0 aliphatic heterocycles. The van der Waals surface area contributed by atoms with Gasteiger partial charge in [-0.25, -0.2) is 0 Å². The van der Waals surface area contributed by atoms with Crippen LogP contribution in [0.15, 0.2) is 42.6 Å². The van der Waals surface area contributed by atoms with E-state index in [1.807, 2.05) is 30.0 Å². The Morgan fingerprint density at radius 2 is 2.04 bits per heavy atom. The van der Waals surface area contributed by atoms with Gasteiger partial charge < -0.3 is 5.32 Å². The molecule has 2 aromatic rings. The molecular formula is C19H21ClF3N3O. The molecule has 2 rings (SSSR count). The topological polar surface area (TPSA) is 45.2 Å². The Hall–Kier alpha value is -2.12. The number of alkyl halides is 3. The summed E-state index contributed by atoms with van der Waals surface area (Å²) >= 11 is 5.93. The van der Waals surface area contributed by atoms with Crippen LogP contribution in [0, 0.1) is 0 Å². The maximum atomic E-state index is 12.9.